The lowest BCUT2D eigenvalue weighted by atomic mass is 10.0. The number of anilines is 1. The number of hydrogen-bond acceptors (Lipinski definition) is 3. The van der Waals surface area contributed by atoms with Crippen LogP contribution in [0.25, 0.3) is 0 Å². The van der Waals surface area contributed by atoms with Crippen LogP contribution in [-0.4, -0.2) is 43.5 Å². The monoisotopic (exact) mass is 391 g/mol. The Bertz CT molecular complexity index is 809. The lowest BCUT2D eigenvalue weighted by Crippen LogP contribution is -2.46. The third kappa shape index (κ3) is 5.18. The standard InChI is InChI=1S/C25H33N3O/c1-20-6-2-3-8-24(20)28-18-16-27(17-19-28)15-5-4-7-21-9-11-22(12-10-21)23-13-14-25(29)26-23/h2-3,6,8-12,23H,4-5,7,13-19H2,1H3,(H,26,29). The van der Waals surface area contributed by atoms with Crippen molar-refractivity contribution in [3.05, 3.63) is 65.2 Å². The predicted octanol–water partition coefficient (Wildman–Crippen LogP) is 4.09. The summed E-state index contributed by atoms with van der Waals surface area (Å²) in [4.78, 5) is 16.5. The molecule has 1 atom stereocenters. The number of unbranched alkanes of at least 4 members (excludes halogenated alkanes) is 1. The predicted molar refractivity (Wildman–Crippen MR) is 119 cm³/mol. The molecule has 4 rings (SSSR count). The number of nitrogens with one attached hydrogen (secondary N) is 1. The van der Waals surface area contributed by atoms with Gasteiger partial charge in [0.05, 0.1) is 6.04 Å². The van der Waals surface area contributed by atoms with Crippen molar-refractivity contribution in [2.75, 3.05) is 37.6 Å². The van der Waals surface area contributed by atoms with Crippen LogP contribution < -0.4 is 10.2 Å². The molecule has 2 heterocycles. The number of hydrogen-bond donors (Lipinski definition) is 1. The summed E-state index contributed by atoms with van der Waals surface area (Å²) < 4.78 is 0. The molecule has 2 saturated heterocycles. The maximum atomic E-state index is 11.4. The first-order valence-electron chi connectivity index (χ1n) is 11.1. The largest absolute Gasteiger partial charge is 0.369 e. The van der Waals surface area contributed by atoms with Gasteiger partial charge in [-0.1, -0.05) is 42.5 Å². The molecule has 2 aromatic rings. The summed E-state index contributed by atoms with van der Waals surface area (Å²) in [6.45, 7) is 7.99. The van der Waals surface area contributed by atoms with Gasteiger partial charge >= 0.3 is 0 Å². The highest BCUT2D eigenvalue weighted by atomic mass is 16.1. The maximum absolute atomic E-state index is 11.4. The summed E-state index contributed by atoms with van der Waals surface area (Å²) in [6.07, 6.45) is 5.21. The average molecular weight is 392 g/mol. The lowest BCUT2D eigenvalue weighted by Gasteiger charge is -2.36. The normalized spacial score (nSPS) is 20.1. The van der Waals surface area contributed by atoms with Gasteiger partial charge in [0.15, 0.2) is 0 Å². The summed E-state index contributed by atoms with van der Waals surface area (Å²) in [6, 6.07) is 17.8. The Labute approximate surface area is 174 Å². The Hall–Kier alpha value is -2.33. The summed E-state index contributed by atoms with van der Waals surface area (Å²) >= 11 is 0. The Kier molecular flexibility index (Phi) is 6.50. The maximum Gasteiger partial charge on any atom is 0.220 e. The number of benzene rings is 2. The second kappa shape index (κ2) is 9.45. The SMILES string of the molecule is Cc1ccccc1N1CCN(CCCCc2ccc(C3CCC(=O)N3)cc2)CC1. The zero-order valence-electron chi connectivity index (χ0n) is 17.6. The van der Waals surface area contributed by atoms with Crippen LogP contribution in [0, 0.1) is 6.92 Å². The van der Waals surface area contributed by atoms with E-state index in [1.165, 1.54) is 41.8 Å². The van der Waals surface area contributed by atoms with E-state index >= 15 is 0 Å². The molecular formula is C25H33N3O. The van der Waals surface area contributed by atoms with Gasteiger partial charge in [-0.3, -0.25) is 9.69 Å². The van der Waals surface area contributed by atoms with Crippen molar-refractivity contribution in [3.63, 3.8) is 0 Å². The number of aryl methyl sites for hydroxylation is 2. The number of piperazine rings is 1. The number of carbonyl (C=O) groups is 1. The third-order valence-corrected chi connectivity index (χ3v) is 6.40. The molecule has 0 saturated carbocycles. The van der Waals surface area contributed by atoms with Crippen LogP contribution in [0.5, 0.6) is 0 Å². The van der Waals surface area contributed by atoms with Crippen LogP contribution in [0.1, 0.15) is 48.4 Å². The van der Waals surface area contributed by atoms with Crippen molar-refractivity contribution in [1.29, 1.82) is 0 Å². The van der Waals surface area contributed by atoms with E-state index in [9.17, 15) is 4.79 Å². The van der Waals surface area contributed by atoms with E-state index in [-0.39, 0.29) is 11.9 Å². The fourth-order valence-electron chi connectivity index (χ4n) is 4.58. The summed E-state index contributed by atoms with van der Waals surface area (Å²) in [5.41, 5.74) is 5.42. The Morgan fingerprint density at radius 1 is 0.966 bits per heavy atom. The summed E-state index contributed by atoms with van der Waals surface area (Å²) in [7, 11) is 0. The van der Waals surface area contributed by atoms with Gasteiger partial charge in [0, 0.05) is 38.3 Å². The van der Waals surface area contributed by atoms with Crippen LogP contribution >= 0.6 is 0 Å². The lowest BCUT2D eigenvalue weighted by molar-refractivity contribution is -0.119. The zero-order valence-corrected chi connectivity index (χ0v) is 17.6. The molecule has 2 aliphatic heterocycles. The van der Waals surface area contributed by atoms with E-state index in [0.717, 1.165) is 39.0 Å². The first-order valence-corrected chi connectivity index (χ1v) is 11.1. The summed E-state index contributed by atoms with van der Waals surface area (Å²) in [5.74, 6) is 0.179. The number of para-hydroxylation sites is 1. The first kappa shape index (κ1) is 20.0. The van der Waals surface area contributed by atoms with Gasteiger partial charge in [-0.15, -0.1) is 0 Å². The molecule has 0 aliphatic carbocycles. The molecule has 1 N–H and O–H groups in total. The summed E-state index contributed by atoms with van der Waals surface area (Å²) in [5, 5.41) is 3.05. The topological polar surface area (TPSA) is 35.6 Å². The number of rotatable bonds is 7. The molecular weight excluding hydrogens is 358 g/mol. The van der Waals surface area contributed by atoms with Crippen molar-refractivity contribution >= 4 is 11.6 Å². The second-order valence-corrected chi connectivity index (χ2v) is 8.47. The number of carbonyl (C=O) groups excluding carboxylic acids is 1. The molecule has 0 bridgehead atoms. The van der Waals surface area contributed by atoms with Crippen LogP contribution in [0.2, 0.25) is 0 Å². The molecule has 0 radical (unpaired) electrons. The van der Waals surface area contributed by atoms with Gasteiger partial charge in [0.2, 0.25) is 5.91 Å². The molecule has 0 spiro atoms. The van der Waals surface area contributed by atoms with Crippen molar-refractivity contribution in [2.24, 2.45) is 0 Å². The molecule has 1 unspecified atom stereocenters. The fourth-order valence-corrected chi connectivity index (χ4v) is 4.58. The zero-order chi connectivity index (χ0) is 20.1. The van der Waals surface area contributed by atoms with Crippen LogP contribution in [0.4, 0.5) is 5.69 Å². The number of nitrogens with zero attached hydrogens (tertiary/aromatic N) is 2. The van der Waals surface area contributed by atoms with Crippen molar-refractivity contribution in [1.82, 2.24) is 10.2 Å². The Balaban J connectivity index is 1.15. The minimum atomic E-state index is 0.179. The van der Waals surface area contributed by atoms with Crippen LogP contribution in [-0.2, 0) is 11.2 Å². The second-order valence-electron chi connectivity index (χ2n) is 8.47. The highest BCUT2D eigenvalue weighted by molar-refractivity contribution is 5.78. The molecule has 1 amide bonds. The highest BCUT2D eigenvalue weighted by Crippen LogP contribution is 2.24. The minimum absolute atomic E-state index is 0.179. The molecule has 0 aromatic heterocycles. The van der Waals surface area contributed by atoms with E-state index in [1.54, 1.807) is 0 Å². The molecule has 4 nitrogen and oxygen atoms in total. The van der Waals surface area contributed by atoms with Gasteiger partial charge in [-0.05, 0) is 61.9 Å². The molecule has 2 aromatic carbocycles. The molecule has 2 fully saturated rings. The van der Waals surface area contributed by atoms with Crippen LogP contribution in [0.15, 0.2) is 48.5 Å². The van der Waals surface area contributed by atoms with Crippen LogP contribution in [0.3, 0.4) is 0 Å². The van der Waals surface area contributed by atoms with Gasteiger partial charge in [0.25, 0.3) is 0 Å². The van der Waals surface area contributed by atoms with Gasteiger partial charge < -0.3 is 10.2 Å². The minimum Gasteiger partial charge on any atom is -0.369 e. The van der Waals surface area contributed by atoms with Crippen molar-refractivity contribution in [3.8, 4) is 0 Å². The first-order chi connectivity index (χ1) is 14.2. The molecule has 4 heteroatoms. The Morgan fingerprint density at radius 3 is 2.41 bits per heavy atom. The van der Waals surface area contributed by atoms with Gasteiger partial charge in [-0.25, -0.2) is 0 Å². The van der Waals surface area contributed by atoms with Crippen molar-refractivity contribution in [2.45, 2.75) is 45.1 Å². The molecule has 29 heavy (non-hydrogen) atoms. The van der Waals surface area contributed by atoms with E-state index in [0.29, 0.717) is 6.42 Å². The molecule has 2 aliphatic rings. The van der Waals surface area contributed by atoms with E-state index in [2.05, 4.69) is 70.6 Å². The fraction of sp³-hybridized carbons (Fsp3) is 0.480. The van der Waals surface area contributed by atoms with Gasteiger partial charge in [0.1, 0.15) is 0 Å². The smallest absolute Gasteiger partial charge is 0.220 e. The average Bonchev–Trinajstić information content (AvgIpc) is 3.19. The van der Waals surface area contributed by atoms with Crippen molar-refractivity contribution < 1.29 is 4.79 Å². The van der Waals surface area contributed by atoms with E-state index in [4.69, 9.17) is 0 Å². The molecule has 154 valence electrons. The Morgan fingerprint density at radius 2 is 1.72 bits per heavy atom. The van der Waals surface area contributed by atoms with E-state index in [1.807, 2.05) is 0 Å². The third-order valence-electron chi connectivity index (χ3n) is 6.40. The van der Waals surface area contributed by atoms with Gasteiger partial charge in [-0.2, -0.15) is 0 Å². The highest BCUT2D eigenvalue weighted by Gasteiger charge is 2.22. The number of amides is 1. The quantitative estimate of drug-likeness (QED) is 0.722. The van der Waals surface area contributed by atoms with E-state index < -0.39 is 0 Å².